The molecular formula is C20H23SiZr. The third-order valence-electron chi connectivity index (χ3n) is 5.82. The number of rotatable bonds is 2. The molecule has 0 spiro atoms. The number of hydrogen-bond donors (Lipinski definition) is 0. The van der Waals surface area contributed by atoms with Crippen LogP contribution in [0.1, 0.15) is 29.5 Å². The topological polar surface area (TPSA) is 0 Å². The van der Waals surface area contributed by atoms with E-state index in [0.717, 1.165) is 0 Å². The molecule has 2 unspecified atom stereocenters. The fraction of sp³-hybridized carbons (Fsp3) is 0.200. The number of fused-ring (bicyclic) bond motifs is 2. The van der Waals surface area contributed by atoms with Crippen LogP contribution in [0.25, 0.3) is 12.2 Å². The Morgan fingerprint density at radius 1 is 0.727 bits per heavy atom. The zero-order valence-corrected chi connectivity index (χ0v) is 18.0. The molecule has 22 heavy (non-hydrogen) atoms. The Bertz CT molecular complexity index is 742. The molecule has 2 aromatic carbocycles. The summed E-state index contributed by atoms with van der Waals surface area (Å²) in [6.07, 6.45) is 9.78. The zero-order valence-electron chi connectivity index (χ0n) is 13.6. The van der Waals surface area contributed by atoms with Crippen LogP contribution >= 0.6 is 0 Å². The molecule has 0 nitrogen and oxygen atoms in total. The molecule has 0 fully saturated rings. The Kier molecular flexibility index (Phi) is 3.16. The molecule has 111 valence electrons. The fourth-order valence-electron chi connectivity index (χ4n) is 4.49. The van der Waals surface area contributed by atoms with Gasteiger partial charge in [0.1, 0.15) is 0 Å². The summed E-state index contributed by atoms with van der Waals surface area (Å²) in [4.78, 5) is 0. The van der Waals surface area contributed by atoms with Crippen molar-refractivity contribution in [3.05, 3.63) is 82.9 Å². The van der Waals surface area contributed by atoms with Crippen molar-refractivity contribution >= 4 is 19.5 Å². The van der Waals surface area contributed by atoms with Crippen molar-refractivity contribution in [1.29, 1.82) is 0 Å². The van der Waals surface area contributed by atoms with Gasteiger partial charge in [0.25, 0.3) is 0 Å². The molecule has 0 heterocycles. The summed E-state index contributed by atoms with van der Waals surface area (Å²) in [5, 5.41) is 0. The van der Waals surface area contributed by atoms with Crippen LogP contribution in [0.4, 0.5) is 0 Å². The van der Waals surface area contributed by atoms with Gasteiger partial charge < -0.3 is 0 Å². The van der Waals surface area contributed by atoms with E-state index in [1.54, 1.807) is 11.1 Å². The molecule has 2 heteroatoms. The van der Waals surface area contributed by atoms with Gasteiger partial charge in [0.15, 0.2) is 0 Å². The predicted octanol–water partition coefficient (Wildman–Crippen LogP) is 4.59. The molecule has 0 saturated carbocycles. The first-order valence-corrected chi connectivity index (χ1v) is 24.3. The van der Waals surface area contributed by atoms with Crippen LogP contribution in [0.5, 0.6) is 0 Å². The number of hydrogen-bond acceptors (Lipinski definition) is 0. The Balaban J connectivity index is 1.84. The number of benzene rings is 2. The van der Waals surface area contributed by atoms with Crippen molar-refractivity contribution in [1.82, 2.24) is 0 Å². The van der Waals surface area contributed by atoms with Crippen LogP contribution in [0, 0.1) is 0 Å². The van der Waals surface area contributed by atoms with Crippen molar-refractivity contribution in [3.63, 3.8) is 0 Å². The summed E-state index contributed by atoms with van der Waals surface area (Å²) < 4.78 is 6.79. The van der Waals surface area contributed by atoms with Gasteiger partial charge in [-0.25, -0.2) is 0 Å². The van der Waals surface area contributed by atoms with E-state index in [-0.39, 0.29) is 0 Å². The maximum absolute atomic E-state index is 2.90. The fourth-order valence-corrected chi connectivity index (χ4v) is 22.0. The molecule has 4 rings (SSSR count). The van der Waals surface area contributed by atoms with Crippen molar-refractivity contribution < 1.29 is 17.9 Å². The van der Waals surface area contributed by atoms with Crippen molar-refractivity contribution in [2.24, 2.45) is 0 Å². The van der Waals surface area contributed by atoms with E-state index < -0.39 is 17.9 Å². The quantitative estimate of drug-likeness (QED) is 0.667. The van der Waals surface area contributed by atoms with Crippen molar-refractivity contribution in [3.8, 4) is 0 Å². The van der Waals surface area contributed by atoms with Gasteiger partial charge in [0, 0.05) is 0 Å². The molecule has 2 aromatic rings. The monoisotopic (exact) mass is 381 g/mol. The first-order chi connectivity index (χ1) is 10.5. The third kappa shape index (κ3) is 2.04. The Labute approximate surface area is 136 Å². The van der Waals surface area contributed by atoms with E-state index in [9.17, 15) is 0 Å². The molecular weight excluding hydrogens is 360 g/mol. The Hall–Kier alpha value is -0.980. The van der Waals surface area contributed by atoms with Gasteiger partial charge in [0.05, 0.1) is 0 Å². The van der Waals surface area contributed by atoms with E-state index in [1.807, 2.05) is 0 Å². The summed E-state index contributed by atoms with van der Waals surface area (Å²) in [7, 11) is 1.34. The minimum atomic E-state index is -2.90. The van der Waals surface area contributed by atoms with Gasteiger partial charge in [-0.05, 0) is 0 Å². The molecule has 0 aromatic heterocycles. The first-order valence-electron chi connectivity index (χ1n) is 8.22. The maximum atomic E-state index is 2.70. The molecule has 0 saturated heterocycles. The van der Waals surface area contributed by atoms with Crippen molar-refractivity contribution in [2.45, 2.75) is 16.5 Å². The van der Waals surface area contributed by atoms with Crippen LogP contribution in [0.3, 0.4) is 0 Å². The predicted molar refractivity (Wildman–Crippen MR) is 98.1 cm³/mol. The van der Waals surface area contributed by atoms with E-state index in [0.29, 0.717) is 7.25 Å². The molecule has 2 aliphatic rings. The molecule has 0 bridgehead atoms. The average molecular weight is 383 g/mol. The third-order valence-corrected chi connectivity index (χ3v) is 26.6. The average Bonchev–Trinajstić information content (AvgIpc) is 3.12. The summed E-state index contributed by atoms with van der Waals surface area (Å²) in [6, 6.07) is 18.0. The normalized spacial score (nSPS) is 24.0. The molecule has 0 amide bonds. The van der Waals surface area contributed by atoms with Gasteiger partial charge in [0.2, 0.25) is 0 Å². The van der Waals surface area contributed by atoms with E-state index >= 15 is 0 Å². The minimum absolute atomic E-state index is 0.699. The van der Waals surface area contributed by atoms with Crippen molar-refractivity contribution in [2.75, 3.05) is 0 Å². The molecule has 0 aliphatic heterocycles. The second-order valence-electron chi connectivity index (χ2n) is 8.33. The molecule has 2 aliphatic carbocycles. The molecule has 0 radical (unpaired) electrons. The van der Waals surface area contributed by atoms with Gasteiger partial charge in [-0.15, -0.1) is 0 Å². The molecule has 2 atom stereocenters. The van der Waals surface area contributed by atoms with Crippen LogP contribution in [-0.4, -0.2) is 7.37 Å². The van der Waals surface area contributed by atoms with E-state index in [1.165, 1.54) is 18.5 Å². The van der Waals surface area contributed by atoms with Gasteiger partial charge in [-0.1, -0.05) is 0 Å². The molecule has 0 N–H and O–H groups in total. The SMILES string of the molecule is [CH3][Zr]([CH3])([SiH3])([CH]1C=Cc2ccccc21)[CH]1C=Cc2ccccc21. The standard InChI is InChI=1S/2C9H7.2CH3.H3Si.Zr/c2*1-2-5-9-7-3-6-8(9)4-1;;;;/h2*1-7H;3*1H3;. The van der Waals surface area contributed by atoms with Gasteiger partial charge in [-0.2, -0.15) is 0 Å². The van der Waals surface area contributed by atoms with Gasteiger partial charge in [-0.3, -0.25) is 0 Å². The van der Waals surface area contributed by atoms with Crippen LogP contribution in [0.2, 0.25) is 9.26 Å². The van der Waals surface area contributed by atoms with Gasteiger partial charge >= 0.3 is 137 Å². The van der Waals surface area contributed by atoms with Crippen LogP contribution in [0.15, 0.2) is 60.7 Å². The van der Waals surface area contributed by atoms with Crippen LogP contribution in [-0.2, 0) is 17.9 Å². The summed E-state index contributed by atoms with van der Waals surface area (Å²) >= 11 is -2.90. The number of allylic oxidation sites excluding steroid dienone is 2. The second kappa shape index (κ2) is 4.76. The zero-order chi connectivity index (χ0) is 15.4. The summed E-state index contributed by atoms with van der Waals surface area (Å²) in [6.45, 7) is 0. The van der Waals surface area contributed by atoms with Crippen LogP contribution < -0.4 is 0 Å². The summed E-state index contributed by atoms with van der Waals surface area (Å²) in [5.74, 6) is 0. The summed E-state index contributed by atoms with van der Waals surface area (Å²) in [5.41, 5.74) is 6.07. The first kappa shape index (κ1) is 14.6. The Morgan fingerprint density at radius 2 is 1.14 bits per heavy atom. The second-order valence-corrected chi connectivity index (χ2v) is 46.8. The Morgan fingerprint density at radius 3 is 1.59 bits per heavy atom. The van der Waals surface area contributed by atoms with E-state index in [4.69, 9.17) is 0 Å². The van der Waals surface area contributed by atoms with E-state index in [2.05, 4.69) is 82.1 Å².